The molecule has 130 valence electrons. The van der Waals surface area contributed by atoms with Gasteiger partial charge in [-0.2, -0.15) is 0 Å². The van der Waals surface area contributed by atoms with Crippen LogP contribution in [0.1, 0.15) is 94.4 Å². The second-order valence-corrected chi connectivity index (χ2v) is 7.89. The van der Waals surface area contributed by atoms with Gasteiger partial charge in [0.25, 0.3) is 0 Å². The molecule has 0 amide bonds. The molecule has 1 rings (SSSR count). The van der Waals surface area contributed by atoms with Crippen LogP contribution in [-0.4, -0.2) is 16.7 Å². The lowest BCUT2D eigenvalue weighted by molar-refractivity contribution is 0.0725. The number of hydrogen-bond acceptors (Lipinski definition) is 2. The minimum Gasteiger partial charge on any atom is -0.393 e. The van der Waals surface area contributed by atoms with Crippen molar-refractivity contribution in [3.8, 4) is 0 Å². The average Bonchev–Trinajstić information content (AvgIpc) is 2.41. The van der Waals surface area contributed by atoms with E-state index in [4.69, 9.17) is 5.73 Å². The molecule has 0 bridgehead atoms. The number of nitrogens with two attached hydrogens (primary N) is 1. The van der Waals surface area contributed by atoms with Gasteiger partial charge in [0.2, 0.25) is 0 Å². The molecule has 1 unspecified atom stereocenters. The lowest BCUT2D eigenvalue weighted by Gasteiger charge is -2.35. The third-order valence-electron chi connectivity index (χ3n) is 5.00. The molecule has 0 aromatic heterocycles. The molecule has 1 atom stereocenters. The quantitative estimate of drug-likeness (QED) is 0.719. The van der Waals surface area contributed by atoms with E-state index in [1.807, 2.05) is 13.8 Å². The van der Waals surface area contributed by atoms with Gasteiger partial charge >= 0.3 is 0 Å². The molecule has 2 heteroatoms. The third-order valence-corrected chi connectivity index (χ3v) is 5.00. The molecule has 0 heterocycles. The van der Waals surface area contributed by atoms with Crippen molar-refractivity contribution in [3.63, 3.8) is 0 Å². The molecule has 1 aliphatic rings. The lowest BCUT2D eigenvalue weighted by atomic mass is 9.72. The van der Waals surface area contributed by atoms with Gasteiger partial charge in [-0.1, -0.05) is 55.4 Å². The van der Waals surface area contributed by atoms with E-state index in [9.17, 15) is 5.11 Å². The molecule has 1 aliphatic carbocycles. The highest BCUT2D eigenvalue weighted by atomic mass is 16.3. The number of aliphatic hydroxyl groups is 1. The van der Waals surface area contributed by atoms with E-state index < -0.39 is 0 Å². The summed E-state index contributed by atoms with van der Waals surface area (Å²) >= 11 is 0. The highest BCUT2D eigenvalue weighted by molar-refractivity contribution is 4.80. The summed E-state index contributed by atoms with van der Waals surface area (Å²) in [5, 5.41) is 9.29. The van der Waals surface area contributed by atoms with Gasteiger partial charge in [-0.15, -0.1) is 0 Å². The van der Waals surface area contributed by atoms with E-state index in [0.717, 1.165) is 25.2 Å². The van der Waals surface area contributed by atoms with Crippen LogP contribution in [0.4, 0.5) is 0 Å². The largest absolute Gasteiger partial charge is 0.393 e. The fourth-order valence-corrected chi connectivity index (χ4v) is 2.35. The van der Waals surface area contributed by atoms with Crippen LogP contribution in [-0.2, 0) is 0 Å². The SMILES string of the molecule is CC.CC(C)(C)C1CCC(O)CC1.CCC(C)(N)C(C)C. The zero-order valence-electron chi connectivity index (χ0n) is 16.3. The van der Waals surface area contributed by atoms with Crippen molar-refractivity contribution < 1.29 is 5.11 Å². The monoisotopic (exact) mass is 301 g/mol. The molecular weight excluding hydrogens is 258 g/mol. The van der Waals surface area contributed by atoms with Crippen molar-refractivity contribution in [2.75, 3.05) is 0 Å². The van der Waals surface area contributed by atoms with Crippen LogP contribution >= 0.6 is 0 Å². The van der Waals surface area contributed by atoms with Crippen LogP contribution in [0.5, 0.6) is 0 Å². The van der Waals surface area contributed by atoms with Crippen molar-refractivity contribution in [1.82, 2.24) is 0 Å². The first-order valence-electron chi connectivity index (χ1n) is 8.97. The molecule has 0 saturated heterocycles. The Balaban J connectivity index is 0. The summed E-state index contributed by atoms with van der Waals surface area (Å²) in [7, 11) is 0. The van der Waals surface area contributed by atoms with Crippen molar-refractivity contribution in [2.45, 2.75) is 106 Å². The fourth-order valence-electron chi connectivity index (χ4n) is 2.35. The summed E-state index contributed by atoms with van der Waals surface area (Å²) in [6.45, 7) is 19.4. The second-order valence-electron chi connectivity index (χ2n) is 7.89. The van der Waals surface area contributed by atoms with Crippen LogP contribution in [0.15, 0.2) is 0 Å². The Hall–Kier alpha value is -0.0800. The molecule has 1 fully saturated rings. The van der Waals surface area contributed by atoms with Gasteiger partial charge in [0, 0.05) is 5.54 Å². The van der Waals surface area contributed by atoms with Crippen LogP contribution in [0.2, 0.25) is 0 Å². The standard InChI is InChI=1S/C10H20O.C7H17N.C2H6/c1-10(2,3)8-4-6-9(11)7-5-8;1-5-7(4,8)6(2)3;1-2/h8-9,11H,4-7H2,1-3H3;6H,5,8H2,1-4H3;1-2H3. The summed E-state index contributed by atoms with van der Waals surface area (Å²) in [6, 6.07) is 0. The van der Waals surface area contributed by atoms with E-state index in [1.165, 1.54) is 12.8 Å². The van der Waals surface area contributed by atoms with Gasteiger partial charge in [-0.05, 0) is 56.3 Å². The Bertz CT molecular complexity index is 232. The molecular formula is C19H43NO. The van der Waals surface area contributed by atoms with Crippen molar-refractivity contribution in [1.29, 1.82) is 0 Å². The predicted octanol–water partition coefficient (Wildman–Crippen LogP) is 5.38. The van der Waals surface area contributed by atoms with Gasteiger partial charge in [0.15, 0.2) is 0 Å². The van der Waals surface area contributed by atoms with E-state index in [-0.39, 0.29) is 11.6 Å². The van der Waals surface area contributed by atoms with Crippen LogP contribution in [0.25, 0.3) is 0 Å². The Morgan fingerprint density at radius 3 is 1.57 bits per heavy atom. The van der Waals surface area contributed by atoms with E-state index in [1.54, 1.807) is 0 Å². The minimum absolute atomic E-state index is 0.00593. The summed E-state index contributed by atoms with van der Waals surface area (Å²) in [4.78, 5) is 0. The number of rotatable bonds is 2. The Morgan fingerprint density at radius 2 is 1.38 bits per heavy atom. The summed E-state index contributed by atoms with van der Waals surface area (Å²) in [5.74, 6) is 1.42. The predicted molar refractivity (Wildman–Crippen MR) is 96.5 cm³/mol. The lowest BCUT2D eigenvalue weighted by Crippen LogP contribution is -2.40. The molecule has 2 nitrogen and oxygen atoms in total. The maximum absolute atomic E-state index is 9.29. The average molecular weight is 302 g/mol. The topological polar surface area (TPSA) is 46.2 Å². The van der Waals surface area contributed by atoms with Gasteiger partial charge < -0.3 is 10.8 Å². The normalized spacial score (nSPS) is 25.1. The fraction of sp³-hybridized carbons (Fsp3) is 1.00. The summed E-state index contributed by atoms with van der Waals surface area (Å²) in [5.41, 5.74) is 6.35. The maximum atomic E-state index is 9.29. The zero-order chi connectivity index (χ0) is 17.3. The molecule has 0 spiro atoms. The van der Waals surface area contributed by atoms with E-state index in [0.29, 0.717) is 11.3 Å². The van der Waals surface area contributed by atoms with Crippen LogP contribution in [0, 0.1) is 17.3 Å². The number of hydrogen-bond donors (Lipinski definition) is 2. The van der Waals surface area contributed by atoms with Gasteiger partial charge in [0.1, 0.15) is 0 Å². The van der Waals surface area contributed by atoms with Gasteiger partial charge in [0.05, 0.1) is 6.10 Å². The van der Waals surface area contributed by atoms with Crippen molar-refractivity contribution >= 4 is 0 Å². The maximum Gasteiger partial charge on any atom is 0.0540 e. The van der Waals surface area contributed by atoms with E-state index >= 15 is 0 Å². The molecule has 3 N–H and O–H groups in total. The third kappa shape index (κ3) is 10.3. The highest BCUT2D eigenvalue weighted by Crippen LogP contribution is 2.37. The second kappa shape index (κ2) is 10.6. The Kier molecular flexibility index (Phi) is 11.7. The van der Waals surface area contributed by atoms with Crippen LogP contribution < -0.4 is 5.73 Å². The van der Waals surface area contributed by atoms with Crippen molar-refractivity contribution in [3.05, 3.63) is 0 Å². The minimum atomic E-state index is -0.00593. The first-order chi connectivity index (χ1) is 9.50. The van der Waals surface area contributed by atoms with Gasteiger partial charge in [-0.3, -0.25) is 0 Å². The number of aliphatic hydroxyl groups excluding tert-OH is 1. The van der Waals surface area contributed by atoms with Crippen LogP contribution in [0.3, 0.4) is 0 Å². The first kappa shape index (κ1) is 23.2. The summed E-state index contributed by atoms with van der Waals surface area (Å²) in [6.07, 6.45) is 5.51. The smallest absolute Gasteiger partial charge is 0.0540 e. The zero-order valence-corrected chi connectivity index (χ0v) is 16.3. The van der Waals surface area contributed by atoms with E-state index in [2.05, 4.69) is 48.5 Å². The molecule has 0 radical (unpaired) electrons. The van der Waals surface area contributed by atoms with Crippen molar-refractivity contribution in [2.24, 2.45) is 23.0 Å². The Morgan fingerprint density at radius 1 is 1.00 bits per heavy atom. The van der Waals surface area contributed by atoms with Gasteiger partial charge in [-0.25, -0.2) is 0 Å². The summed E-state index contributed by atoms with van der Waals surface area (Å²) < 4.78 is 0. The molecule has 1 saturated carbocycles. The molecule has 0 aromatic carbocycles. The highest BCUT2D eigenvalue weighted by Gasteiger charge is 2.28. The Labute approximate surface area is 134 Å². The molecule has 0 aliphatic heterocycles. The first-order valence-corrected chi connectivity index (χ1v) is 8.97. The molecule has 21 heavy (non-hydrogen) atoms. The molecule has 0 aromatic rings.